The highest BCUT2D eigenvalue weighted by atomic mass is 32.2. The summed E-state index contributed by atoms with van der Waals surface area (Å²) < 4.78 is 45.3. The number of halogens is 1. The van der Waals surface area contributed by atoms with Crippen molar-refractivity contribution >= 4 is 16.2 Å². The number of alkyl carbamates (subject to hydrolysis) is 1. The second-order valence-corrected chi connectivity index (χ2v) is 7.26. The highest BCUT2D eigenvalue weighted by molar-refractivity contribution is 7.86. The fourth-order valence-corrected chi connectivity index (χ4v) is 2.53. The molecule has 1 rings (SSSR count). The fourth-order valence-electron chi connectivity index (χ4n) is 1.88. The molecule has 0 spiro atoms. The topological polar surface area (TPSA) is 81.7 Å². The molecule has 0 aromatic carbocycles. The average molecular weight is 297 g/mol. The van der Waals surface area contributed by atoms with Gasteiger partial charge in [-0.2, -0.15) is 8.42 Å². The first-order valence-corrected chi connectivity index (χ1v) is 7.80. The van der Waals surface area contributed by atoms with Gasteiger partial charge in [0.2, 0.25) is 0 Å². The largest absolute Gasteiger partial charge is 0.444 e. The van der Waals surface area contributed by atoms with Crippen LogP contribution in [0.15, 0.2) is 0 Å². The Hall–Kier alpha value is -0.890. The number of alkyl halides is 1. The number of rotatable bonds is 3. The Labute approximate surface area is 112 Å². The van der Waals surface area contributed by atoms with Gasteiger partial charge in [-0.25, -0.2) is 9.18 Å². The van der Waals surface area contributed by atoms with Crippen LogP contribution in [0.1, 0.15) is 33.6 Å². The van der Waals surface area contributed by atoms with E-state index in [2.05, 4.69) is 5.32 Å². The number of hydrogen-bond acceptors (Lipinski definition) is 5. The second kappa shape index (κ2) is 5.62. The van der Waals surface area contributed by atoms with Crippen LogP contribution >= 0.6 is 0 Å². The summed E-state index contributed by atoms with van der Waals surface area (Å²) >= 11 is 0. The Morgan fingerprint density at radius 2 is 1.89 bits per heavy atom. The molecule has 0 aromatic heterocycles. The van der Waals surface area contributed by atoms with Crippen LogP contribution in [-0.4, -0.2) is 44.7 Å². The van der Waals surface area contributed by atoms with Crippen molar-refractivity contribution in [1.82, 2.24) is 5.32 Å². The van der Waals surface area contributed by atoms with E-state index in [1.54, 1.807) is 20.8 Å². The summed E-state index contributed by atoms with van der Waals surface area (Å²) in [5.74, 6) is 0. The molecule has 0 aromatic rings. The number of carbonyl (C=O) groups is 1. The Bertz CT molecular complexity index is 431. The molecule has 1 aliphatic rings. The van der Waals surface area contributed by atoms with Gasteiger partial charge < -0.3 is 10.1 Å². The van der Waals surface area contributed by atoms with Gasteiger partial charge in [0.05, 0.1) is 18.4 Å². The Balaban J connectivity index is 2.50. The lowest BCUT2D eigenvalue weighted by molar-refractivity contribution is 0.0483. The van der Waals surface area contributed by atoms with Crippen LogP contribution in [0.4, 0.5) is 9.18 Å². The zero-order valence-corrected chi connectivity index (χ0v) is 12.3. The van der Waals surface area contributed by atoms with Gasteiger partial charge in [-0.05, 0) is 27.2 Å². The van der Waals surface area contributed by atoms with Crippen LogP contribution in [0.2, 0.25) is 0 Å². The van der Waals surface area contributed by atoms with E-state index in [9.17, 15) is 17.6 Å². The summed E-state index contributed by atoms with van der Waals surface area (Å²) in [4.78, 5) is 11.5. The minimum Gasteiger partial charge on any atom is -0.444 e. The van der Waals surface area contributed by atoms with E-state index in [0.717, 1.165) is 6.26 Å². The van der Waals surface area contributed by atoms with E-state index in [4.69, 9.17) is 8.92 Å². The summed E-state index contributed by atoms with van der Waals surface area (Å²) in [5, 5.41) is 2.39. The molecule has 0 bridgehead atoms. The van der Waals surface area contributed by atoms with E-state index in [-0.39, 0.29) is 12.8 Å². The van der Waals surface area contributed by atoms with Gasteiger partial charge in [-0.1, -0.05) is 0 Å². The summed E-state index contributed by atoms with van der Waals surface area (Å²) in [6.07, 6.45) is -1.86. The van der Waals surface area contributed by atoms with Gasteiger partial charge in [-0.3, -0.25) is 4.18 Å². The van der Waals surface area contributed by atoms with Crippen LogP contribution in [0, 0.1) is 0 Å². The molecule has 1 saturated carbocycles. The van der Waals surface area contributed by atoms with Gasteiger partial charge in [-0.15, -0.1) is 0 Å². The van der Waals surface area contributed by atoms with Crippen molar-refractivity contribution in [3.63, 3.8) is 0 Å². The van der Waals surface area contributed by atoms with Gasteiger partial charge in [0.15, 0.2) is 0 Å². The third-order valence-electron chi connectivity index (χ3n) is 2.45. The van der Waals surface area contributed by atoms with Crippen molar-refractivity contribution in [3.05, 3.63) is 0 Å². The molecule has 8 heteroatoms. The number of carbonyl (C=O) groups excluding carboxylic acids is 1. The van der Waals surface area contributed by atoms with Crippen molar-refractivity contribution in [2.45, 2.75) is 57.5 Å². The molecule has 0 saturated heterocycles. The number of hydrogen-bond donors (Lipinski definition) is 1. The van der Waals surface area contributed by atoms with Crippen molar-refractivity contribution in [2.24, 2.45) is 0 Å². The maximum atomic E-state index is 13.7. The predicted octanol–water partition coefficient (Wildman–Crippen LogP) is 1.36. The van der Waals surface area contributed by atoms with E-state index < -0.39 is 40.1 Å². The number of amides is 1. The first kappa shape index (κ1) is 16.2. The van der Waals surface area contributed by atoms with Gasteiger partial charge >= 0.3 is 6.09 Å². The van der Waals surface area contributed by atoms with Crippen LogP contribution in [0.25, 0.3) is 0 Å². The van der Waals surface area contributed by atoms with Crippen molar-refractivity contribution < 1.29 is 26.5 Å². The van der Waals surface area contributed by atoms with E-state index in [1.165, 1.54) is 0 Å². The molecule has 0 aliphatic heterocycles. The first-order chi connectivity index (χ1) is 8.46. The Kier molecular flexibility index (Phi) is 4.78. The second-order valence-electron chi connectivity index (χ2n) is 5.66. The van der Waals surface area contributed by atoms with Gasteiger partial charge in [0, 0.05) is 6.42 Å². The monoisotopic (exact) mass is 297 g/mol. The Morgan fingerprint density at radius 1 is 1.32 bits per heavy atom. The van der Waals surface area contributed by atoms with Crippen LogP contribution in [0.5, 0.6) is 0 Å². The summed E-state index contributed by atoms with van der Waals surface area (Å²) in [5.41, 5.74) is -0.669. The molecule has 3 atom stereocenters. The van der Waals surface area contributed by atoms with Crippen molar-refractivity contribution in [1.29, 1.82) is 0 Å². The molecule has 112 valence electrons. The lowest BCUT2D eigenvalue weighted by atomic mass is 10.2. The molecule has 1 amide bonds. The normalized spacial score (nSPS) is 28.2. The molecule has 1 fully saturated rings. The minimum absolute atomic E-state index is 0.0620. The summed E-state index contributed by atoms with van der Waals surface area (Å²) in [6, 6.07) is -0.790. The highest BCUT2D eigenvalue weighted by Gasteiger charge is 2.38. The number of ether oxygens (including phenoxy) is 1. The smallest absolute Gasteiger partial charge is 0.407 e. The lowest BCUT2D eigenvalue weighted by Crippen LogP contribution is -2.41. The van der Waals surface area contributed by atoms with E-state index >= 15 is 0 Å². The predicted molar refractivity (Wildman–Crippen MR) is 67.0 cm³/mol. The van der Waals surface area contributed by atoms with Crippen molar-refractivity contribution in [3.8, 4) is 0 Å². The molecule has 6 nitrogen and oxygen atoms in total. The zero-order chi connectivity index (χ0) is 14.8. The Morgan fingerprint density at radius 3 is 2.37 bits per heavy atom. The molecular weight excluding hydrogens is 277 g/mol. The average Bonchev–Trinajstić information content (AvgIpc) is 2.39. The van der Waals surface area contributed by atoms with Crippen LogP contribution < -0.4 is 5.32 Å². The molecule has 0 unspecified atom stereocenters. The maximum absolute atomic E-state index is 13.7. The third kappa shape index (κ3) is 6.20. The van der Waals surface area contributed by atoms with Gasteiger partial charge in [0.25, 0.3) is 10.1 Å². The third-order valence-corrected chi connectivity index (χ3v) is 3.08. The molecule has 19 heavy (non-hydrogen) atoms. The molecule has 1 aliphatic carbocycles. The van der Waals surface area contributed by atoms with Crippen LogP contribution in [-0.2, 0) is 19.0 Å². The van der Waals surface area contributed by atoms with Crippen LogP contribution in [0.3, 0.4) is 0 Å². The molecule has 0 radical (unpaired) electrons. The lowest BCUT2D eigenvalue weighted by Gasteiger charge is -2.22. The van der Waals surface area contributed by atoms with E-state index in [1.807, 2.05) is 0 Å². The molecule has 0 heterocycles. The standard InChI is InChI=1S/C11H20FNO5S/c1-11(2,3)17-10(14)13-9-6-7(5-8(9)12)18-19(4,15)16/h7-9H,5-6H2,1-4H3,(H,13,14)/t7-,8-,9-/m1/s1. The van der Waals surface area contributed by atoms with Gasteiger partial charge in [0.1, 0.15) is 11.8 Å². The SMILES string of the molecule is CC(C)(C)OC(=O)N[C@@H]1C[C@H](OS(C)(=O)=O)C[C@H]1F. The molecule has 1 N–H and O–H groups in total. The fraction of sp³-hybridized carbons (Fsp3) is 0.909. The highest BCUT2D eigenvalue weighted by Crippen LogP contribution is 2.26. The maximum Gasteiger partial charge on any atom is 0.407 e. The summed E-state index contributed by atoms with van der Waals surface area (Å²) in [7, 11) is -3.62. The zero-order valence-electron chi connectivity index (χ0n) is 11.5. The number of nitrogens with one attached hydrogen (secondary N) is 1. The van der Waals surface area contributed by atoms with E-state index in [0.29, 0.717) is 0 Å². The van der Waals surface area contributed by atoms with Crippen molar-refractivity contribution in [2.75, 3.05) is 6.26 Å². The molecular formula is C11H20FNO5S. The summed E-state index contributed by atoms with van der Waals surface area (Å²) in [6.45, 7) is 5.09. The first-order valence-electron chi connectivity index (χ1n) is 5.98. The quantitative estimate of drug-likeness (QED) is 0.795. The minimum atomic E-state index is -3.62.